The van der Waals surface area contributed by atoms with Crippen molar-refractivity contribution in [2.45, 2.75) is 19.5 Å². The molecule has 0 radical (unpaired) electrons. The molecule has 1 amide bonds. The minimum atomic E-state index is -0.227. The van der Waals surface area contributed by atoms with Gasteiger partial charge in [0.2, 0.25) is 0 Å². The van der Waals surface area contributed by atoms with Crippen molar-refractivity contribution in [1.29, 1.82) is 0 Å². The van der Waals surface area contributed by atoms with Crippen molar-refractivity contribution in [2.75, 3.05) is 26.1 Å². The van der Waals surface area contributed by atoms with E-state index < -0.39 is 0 Å². The molecule has 158 valence electrons. The molecule has 0 spiro atoms. The van der Waals surface area contributed by atoms with E-state index >= 15 is 0 Å². The molecule has 0 atom stereocenters. The van der Waals surface area contributed by atoms with E-state index in [1.54, 1.807) is 43.8 Å². The van der Waals surface area contributed by atoms with Gasteiger partial charge in [-0.2, -0.15) is 0 Å². The van der Waals surface area contributed by atoms with Crippen LogP contribution in [0.3, 0.4) is 0 Å². The van der Waals surface area contributed by atoms with Crippen molar-refractivity contribution in [3.8, 4) is 11.5 Å². The van der Waals surface area contributed by atoms with Gasteiger partial charge in [0, 0.05) is 42.6 Å². The Labute approximate surface area is 186 Å². The van der Waals surface area contributed by atoms with Crippen LogP contribution in [0.15, 0.2) is 48.5 Å². The summed E-state index contributed by atoms with van der Waals surface area (Å²) in [6.07, 6.45) is 0.890. The van der Waals surface area contributed by atoms with Gasteiger partial charge >= 0.3 is 0 Å². The topological polar surface area (TPSA) is 63.7 Å². The van der Waals surface area contributed by atoms with Crippen LogP contribution in [0.5, 0.6) is 11.5 Å². The maximum Gasteiger partial charge on any atom is 0.257 e. The number of anilines is 1. The number of fused-ring (bicyclic) bond motifs is 1. The third-order valence-corrected chi connectivity index (χ3v) is 5.89. The number of nitrogens with zero attached hydrogens (tertiary/aromatic N) is 2. The van der Waals surface area contributed by atoms with Crippen molar-refractivity contribution < 1.29 is 14.3 Å². The summed E-state index contributed by atoms with van der Waals surface area (Å²) < 4.78 is 10.5. The summed E-state index contributed by atoms with van der Waals surface area (Å²) in [5.74, 6) is 0.920. The summed E-state index contributed by atoms with van der Waals surface area (Å²) >= 11 is 1.55. The summed E-state index contributed by atoms with van der Waals surface area (Å²) in [6.45, 7) is 2.74. The van der Waals surface area contributed by atoms with E-state index in [9.17, 15) is 4.79 Å². The molecule has 3 aromatic rings. The first-order valence-corrected chi connectivity index (χ1v) is 10.3. The lowest BCUT2D eigenvalue weighted by Crippen LogP contribution is -2.29. The molecular formula is C22H24ClN3O3S. The number of ether oxygens (including phenoxy) is 2. The molecule has 6 nitrogen and oxygen atoms in total. The molecular weight excluding hydrogens is 422 g/mol. The Morgan fingerprint density at radius 3 is 2.50 bits per heavy atom. The molecule has 1 aromatic heterocycles. The SMILES string of the molecule is COc1cc(OC)cc(C(=O)Nc2nc3c(s2)CN(Cc2ccccc2)CC3)c1.Cl. The number of amides is 1. The second-order valence-electron chi connectivity index (χ2n) is 6.89. The van der Waals surface area contributed by atoms with Crippen LogP contribution in [0.4, 0.5) is 5.13 Å². The van der Waals surface area contributed by atoms with Gasteiger partial charge in [-0.25, -0.2) is 4.98 Å². The summed E-state index contributed by atoms with van der Waals surface area (Å²) in [7, 11) is 3.12. The standard InChI is InChI=1S/C22H23N3O3S.ClH/c1-27-17-10-16(11-18(12-17)28-2)21(26)24-22-23-19-8-9-25(14-20(19)29-22)13-15-6-4-3-5-7-15;/h3-7,10-12H,8-9,13-14H2,1-2H3,(H,23,24,26);1H. The number of rotatable bonds is 6. The molecule has 0 bridgehead atoms. The summed E-state index contributed by atoms with van der Waals surface area (Å²) in [6, 6.07) is 15.6. The van der Waals surface area contributed by atoms with E-state index in [0.29, 0.717) is 22.2 Å². The average Bonchev–Trinajstić information content (AvgIpc) is 3.15. The van der Waals surface area contributed by atoms with E-state index in [1.165, 1.54) is 10.4 Å². The number of carbonyl (C=O) groups excluding carboxylic acids is 1. The van der Waals surface area contributed by atoms with Crippen molar-refractivity contribution in [2.24, 2.45) is 0 Å². The van der Waals surface area contributed by atoms with Gasteiger partial charge in [-0.3, -0.25) is 15.0 Å². The number of aromatic nitrogens is 1. The molecule has 8 heteroatoms. The molecule has 2 aromatic carbocycles. The number of carbonyl (C=O) groups is 1. The monoisotopic (exact) mass is 445 g/mol. The molecule has 1 aliphatic heterocycles. The lowest BCUT2D eigenvalue weighted by atomic mass is 10.1. The van der Waals surface area contributed by atoms with Gasteiger partial charge in [0.05, 0.1) is 19.9 Å². The minimum absolute atomic E-state index is 0. The molecule has 1 N–H and O–H groups in total. The summed E-state index contributed by atoms with van der Waals surface area (Å²) in [4.78, 5) is 21.0. The Balaban J connectivity index is 0.00000256. The maximum atomic E-state index is 12.7. The Morgan fingerprint density at radius 2 is 1.83 bits per heavy atom. The molecule has 4 rings (SSSR count). The molecule has 1 aliphatic rings. The van der Waals surface area contributed by atoms with Crippen LogP contribution in [0, 0.1) is 0 Å². The fourth-order valence-electron chi connectivity index (χ4n) is 3.39. The molecule has 0 aliphatic carbocycles. The van der Waals surface area contributed by atoms with E-state index in [0.717, 1.165) is 31.7 Å². The van der Waals surface area contributed by atoms with Gasteiger partial charge < -0.3 is 9.47 Å². The zero-order valence-corrected chi connectivity index (χ0v) is 18.5. The number of nitrogens with one attached hydrogen (secondary N) is 1. The van der Waals surface area contributed by atoms with Crippen LogP contribution in [-0.4, -0.2) is 36.6 Å². The van der Waals surface area contributed by atoms with Crippen LogP contribution >= 0.6 is 23.7 Å². The largest absolute Gasteiger partial charge is 0.497 e. The van der Waals surface area contributed by atoms with E-state index in [2.05, 4.69) is 39.5 Å². The number of methoxy groups -OCH3 is 2. The highest BCUT2D eigenvalue weighted by Gasteiger charge is 2.22. The van der Waals surface area contributed by atoms with Crippen molar-refractivity contribution in [1.82, 2.24) is 9.88 Å². The maximum absolute atomic E-state index is 12.7. The van der Waals surface area contributed by atoms with Crippen molar-refractivity contribution in [3.63, 3.8) is 0 Å². The second-order valence-corrected chi connectivity index (χ2v) is 7.97. The van der Waals surface area contributed by atoms with Gasteiger partial charge in [0.25, 0.3) is 5.91 Å². The Kier molecular flexibility index (Phi) is 7.31. The normalized spacial score (nSPS) is 13.1. The van der Waals surface area contributed by atoms with Crippen molar-refractivity contribution in [3.05, 3.63) is 70.2 Å². The van der Waals surface area contributed by atoms with Crippen LogP contribution in [0.25, 0.3) is 0 Å². The fraction of sp³-hybridized carbons (Fsp3) is 0.273. The fourth-order valence-corrected chi connectivity index (χ4v) is 4.43. The molecule has 30 heavy (non-hydrogen) atoms. The van der Waals surface area contributed by atoms with Crippen molar-refractivity contribution >= 4 is 34.8 Å². The third kappa shape index (κ3) is 5.11. The Morgan fingerprint density at radius 1 is 1.13 bits per heavy atom. The highest BCUT2D eigenvalue weighted by Crippen LogP contribution is 2.30. The number of halogens is 1. The minimum Gasteiger partial charge on any atom is -0.497 e. The quantitative estimate of drug-likeness (QED) is 0.609. The molecule has 0 saturated heterocycles. The highest BCUT2D eigenvalue weighted by molar-refractivity contribution is 7.15. The van der Waals surface area contributed by atoms with Crippen LogP contribution in [-0.2, 0) is 19.5 Å². The number of hydrogen-bond donors (Lipinski definition) is 1. The zero-order chi connectivity index (χ0) is 20.2. The van der Waals surface area contributed by atoms with Gasteiger partial charge in [-0.05, 0) is 17.7 Å². The first-order chi connectivity index (χ1) is 14.1. The summed E-state index contributed by atoms with van der Waals surface area (Å²) in [5, 5.41) is 3.55. The number of thiazole rings is 1. The molecule has 2 heterocycles. The van der Waals surface area contributed by atoms with Gasteiger partial charge in [-0.1, -0.05) is 30.3 Å². The Hall–Kier alpha value is -2.61. The average molecular weight is 446 g/mol. The van der Waals surface area contributed by atoms with Crippen LogP contribution in [0.2, 0.25) is 0 Å². The van der Waals surface area contributed by atoms with Crippen LogP contribution in [0.1, 0.15) is 26.5 Å². The van der Waals surface area contributed by atoms with E-state index in [-0.39, 0.29) is 18.3 Å². The smallest absolute Gasteiger partial charge is 0.257 e. The first kappa shape index (κ1) is 22.1. The second kappa shape index (κ2) is 9.93. The van der Waals surface area contributed by atoms with E-state index in [4.69, 9.17) is 9.47 Å². The van der Waals surface area contributed by atoms with Crippen LogP contribution < -0.4 is 14.8 Å². The first-order valence-electron chi connectivity index (χ1n) is 9.44. The van der Waals surface area contributed by atoms with Gasteiger partial charge in [-0.15, -0.1) is 23.7 Å². The lowest BCUT2D eigenvalue weighted by Gasteiger charge is -2.25. The van der Waals surface area contributed by atoms with Gasteiger partial charge in [0.1, 0.15) is 11.5 Å². The number of hydrogen-bond acceptors (Lipinski definition) is 6. The zero-order valence-electron chi connectivity index (χ0n) is 16.9. The van der Waals surface area contributed by atoms with E-state index in [1.807, 2.05) is 6.07 Å². The predicted octanol–water partition coefficient (Wildman–Crippen LogP) is 4.39. The molecule has 0 unspecified atom stereocenters. The Bertz CT molecular complexity index is 988. The molecule has 0 saturated carbocycles. The number of benzene rings is 2. The predicted molar refractivity (Wildman–Crippen MR) is 121 cm³/mol. The van der Waals surface area contributed by atoms with Gasteiger partial charge in [0.15, 0.2) is 5.13 Å². The molecule has 0 fully saturated rings. The summed E-state index contributed by atoms with van der Waals surface area (Å²) in [5.41, 5.74) is 2.86. The highest BCUT2D eigenvalue weighted by atomic mass is 35.5. The lowest BCUT2D eigenvalue weighted by molar-refractivity contribution is 0.102. The third-order valence-electron chi connectivity index (χ3n) is 4.89.